The van der Waals surface area contributed by atoms with Crippen LogP contribution in [0.25, 0.3) is 11.2 Å². The molecule has 2 heterocycles. The van der Waals surface area contributed by atoms with Crippen LogP contribution in [0, 0.1) is 0 Å². The molecule has 0 spiro atoms. The molecule has 0 aliphatic heterocycles. The second kappa shape index (κ2) is 4.59. The van der Waals surface area contributed by atoms with Crippen molar-refractivity contribution in [3.63, 3.8) is 0 Å². The van der Waals surface area contributed by atoms with Gasteiger partial charge in [-0.1, -0.05) is 30.3 Å². The molecule has 0 saturated heterocycles. The third kappa shape index (κ3) is 2.11. The van der Waals surface area contributed by atoms with E-state index < -0.39 is 0 Å². The van der Waals surface area contributed by atoms with Gasteiger partial charge in [0.2, 0.25) is 0 Å². The molecule has 1 aromatic carbocycles. The lowest BCUT2D eigenvalue weighted by Gasteiger charge is -2.05. The molecule has 0 atom stereocenters. The Morgan fingerprint density at radius 2 is 1.95 bits per heavy atom. The highest BCUT2D eigenvalue weighted by Gasteiger charge is 2.23. The van der Waals surface area contributed by atoms with Gasteiger partial charge in [-0.25, -0.2) is 15.0 Å². The molecule has 5 nitrogen and oxygen atoms in total. The number of rotatable bonds is 4. The van der Waals surface area contributed by atoms with Gasteiger partial charge < -0.3 is 9.88 Å². The molecule has 1 aliphatic carbocycles. The summed E-state index contributed by atoms with van der Waals surface area (Å²) in [6, 6.07) is 10.9. The SMILES string of the molecule is c1ccc(Cn2cnc3c(NC4CC4)ncnc32)cc1. The molecular formula is C15H15N5. The zero-order valence-electron chi connectivity index (χ0n) is 11.0. The van der Waals surface area contributed by atoms with Crippen LogP contribution in [0.3, 0.4) is 0 Å². The normalized spacial score (nSPS) is 14.6. The summed E-state index contributed by atoms with van der Waals surface area (Å²) in [6.45, 7) is 0.775. The van der Waals surface area contributed by atoms with E-state index in [0.29, 0.717) is 6.04 Å². The maximum atomic E-state index is 4.47. The predicted octanol–water partition coefficient (Wildman–Crippen LogP) is 2.45. The topological polar surface area (TPSA) is 55.6 Å². The van der Waals surface area contributed by atoms with Crippen LogP contribution < -0.4 is 5.32 Å². The number of nitrogens with zero attached hydrogens (tertiary/aromatic N) is 4. The molecule has 100 valence electrons. The van der Waals surface area contributed by atoms with Gasteiger partial charge >= 0.3 is 0 Å². The summed E-state index contributed by atoms with van der Waals surface area (Å²) in [7, 11) is 0. The summed E-state index contributed by atoms with van der Waals surface area (Å²) in [4.78, 5) is 13.2. The Hall–Kier alpha value is -2.43. The zero-order chi connectivity index (χ0) is 13.4. The van der Waals surface area contributed by atoms with Crippen LogP contribution in [0.1, 0.15) is 18.4 Å². The van der Waals surface area contributed by atoms with E-state index in [1.165, 1.54) is 18.4 Å². The minimum atomic E-state index is 0.562. The van der Waals surface area contributed by atoms with E-state index in [1.807, 2.05) is 24.5 Å². The number of anilines is 1. The fraction of sp³-hybridized carbons (Fsp3) is 0.267. The standard InChI is InChI=1S/C15H15N5/c1-2-4-11(5-3-1)8-20-10-18-13-14(19-12-6-7-12)16-9-17-15(13)20/h1-5,9-10,12H,6-8H2,(H,16,17,19). The van der Waals surface area contributed by atoms with E-state index in [0.717, 1.165) is 23.5 Å². The molecule has 1 N–H and O–H groups in total. The lowest BCUT2D eigenvalue weighted by molar-refractivity contribution is 0.813. The van der Waals surface area contributed by atoms with Crippen molar-refractivity contribution in [1.82, 2.24) is 19.5 Å². The quantitative estimate of drug-likeness (QED) is 0.787. The number of hydrogen-bond acceptors (Lipinski definition) is 4. The second-order valence-corrected chi connectivity index (χ2v) is 5.17. The summed E-state index contributed by atoms with van der Waals surface area (Å²) in [5.41, 5.74) is 2.98. The van der Waals surface area contributed by atoms with Crippen molar-refractivity contribution < 1.29 is 0 Å². The third-order valence-corrected chi connectivity index (χ3v) is 3.52. The van der Waals surface area contributed by atoms with Crippen molar-refractivity contribution >= 4 is 17.0 Å². The van der Waals surface area contributed by atoms with Crippen LogP contribution in [-0.4, -0.2) is 25.6 Å². The first-order chi connectivity index (χ1) is 9.90. The van der Waals surface area contributed by atoms with E-state index in [1.54, 1.807) is 6.33 Å². The number of aromatic nitrogens is 4. The molecule has 2 aromatic heterocycles. The predicted molar refractivity (Wildman–Crippen MR) is 77.5 cm³/mol. The minimum Gasteiger partial charge on any atom is -0.365 e. The largest absolute Gasteiger partial charge is 0.365 e. The van der Waals surface area contributed by atoms with Gasteiger partial charge in [-0.3, -0.25) is 0 Å². The van der Waals surface area contributed by atoms with Crippen LogP contribution in [0.2, 0.25) is 0 Å². The highest BCUT2D eigenvalue weighted by atomic mass is 15.2. The molecule has 3 aromatic rings. The van der Waals surface area contributed by atoms with E-state index in [9.17, 15) is 0 Å². The fourth-order valence-electron chi connectivity index (χ4n) is 2.30. The van der Waals surface area contributed by atoms with Crippen molar-refractivity contribution in [2.75, 3.05) is 5.32 Å². The number of benzene rings is 1. The summed E-state index contributed by atoms with van der Waals surface area (Å²) in [6.07, 6.45) is 5.88. The lowest BCUT2D eigenvalue weighted by Crippen LogP contribution is -2.05. The van der Waals surface area contributed by atoms with E-state index in [4.69, 9.17) is 0 Å². The Labute approximate surface area is 116 Å². The smallest absolute Gasteiger partial charge is 0.165 e. The van der Waals surface area contributed by atoms with Crippen molar-refractivity contribution in [2.24, 2.45) is 0 Å². The van der Waals surface area contributed by atoms with Crippen molar-refractivity contribution in [1.29, 1.82) is 0 Å². The maximum absolute atomic E-state index is 4.47. The van der Waals surface area contributed by atoms with E-state index in [-0.39, 0.29) is 0 Å². The van der Waals surface area contributed by atoms with Crippen molar-refractivity contribution in [2.45, 2.75) is 25.4 Å². The van der Waals surface area contributed by atoms with Crippen molar-refractivity contribution in [3.05, 3.63) is 48.5 Å². The summed E-state index contributed by atoms with van der Waals surface area (Å²) in [5.74, 6) is 0.851. The zero-order valence-corrected chi connectivity index (χ0v) is 11.0. The molecule has 0 amide bonds. The highest BCUT2D eigenvalue weighted by molar-refractivity contribution is 5.82. The fourth-order valence-corrected chi connectivity index (χ4v) is 2.30. The molecule has 0 unspecified atom stereocenters. The van der Waals surface area contributed by atoms with Gasteiger partial charge in [-0.05, 0) is 18.4 Å². The van der Waals surface area contributed by atoms with Gasteiger partial charge in [0, 0.05) is 6.04 Å². The van der Waals surface area contributed by atoms with E-state index in [2.05, 4.69) is 37.0 Å². The molecule has 5 heteroatoms. The average Bonchev–Trinajstić information content (AvgIpc) is 3.21. The Bertz CT molecular complexity index is 730. The molecule has 0 radical (unpaired) electrons. The summed E-state index contributed by atoms with van der Waals surface area (Å²) in [5, 5.41) is 3.41. The third-order valence-electron chi connectivity index (χ3n) is 3.52. The van der Waals surface area contributed by atoms with Crippen LogP contribution in [0.5, 0.6) is 0 Å². The molecule has 1 aliphatic rings. The Balaban J connectivity index is 1.70. The van der Waals surface area contributed by atoms with Gasteiger partial charge in [0.1, 0.15) is 11.8 Å². The van der Waals surface area contributed by atoms with Crippen LogP contribution in [-0.2, 0) is 6.54 Å². The highest BCUT2D eigenvalue weighted by Crippen LogP contribution is 2.26. The Morgan fingerprint density at radius 3 is 2.75 bits per heavy atom. The first-order valence-corrected chi connectivity index (χ1v) is 6.86. The number of fused-ring (bicyclic) bond motifs is 1. The van der Waals surface area contributed by atoms with Gasteiger partial charge in [0.25, 0.3) is 0 Å². The van der Waals surface area contributed by atoms with Crippen LogP contribution >= 0.6 is 0 Å². The molecule has 4 rings (SSSR count). The van der Waals surface area contributed by atoms with E-state index >= 15 is 0 Å². The van der Waals surface area contributed by atoms with Gasteiger partial charge in [-0.2, -0.15) is 0 Å². The lowest BCUT2D eigenvalue weighted by atomic mass is 10.2. The summed E-state index contributed by atoms with van der Waals surface area (Å²) < 4.78 is 2.06. The second-order valence-electron chi connectivity index (χ2n) is 5.17. The average molecular weight is 265 g/mol. The van der Waals surface area contributed by atoms with Gasteiger partial charge in [-0.15, -0.1) is 0 Å². The molecule has 0 bridgehead atoms. The molecular weight excluding hydrogens is 250 g/mol. The first-order valence-electron chi connectivity index (χ1n) is 6.86. The number of imidazole rings is 1. The summed E-state index contributed by atoms with van der Waals surface area (Å²) >= 11 is 0. The van der Waals surface area contributed by atoms with Crippen molar-refractivity contribution in [3.8, 4) is 0 Å². The minimum absolute atomic E-state index is 0.562. The monoisotopic (exact) mass is 265 g/mol. The Morgan fingerprint density at radius 1 is 1.10 bits per heavy atom. The van der Waals surface area contributed by atoms with Crippen LogP contribution in [0.4, 0.5) is 5.82 Å². The van der Waals surface area contributed by atoms with Crippen LogP contribution in [0.15, 0.2) is 43.0 Å². The molecule has 1 fully saturated rings. The van der Waals surface area contributed by atoms with Gasteiger partial charge in [0.15, 0.2) is 11.5 Å². The van der Waals surface area contributed by atoms with Gasteiger partial charge in [0.05, 0.1) is 12.9 Å². The number of hydrogen-bond donors (Lipinski definition) is 1. The maximum Gasteiger partial charge on any atom is 0.165 e. The molecule has 20 heavy (non-hydrogen) atoms. The number of nitrogens with one attached hydrogen (secondary N) is 1. The first kappa shape index (κ1) is 11.4. The Kier molecular flexibility index (Phi) is 2.62. The molecule has 1 saturated carbocycles.